The predicted octanol–water partition coefficient (Wildman–Crippen LogP) is 4.80. The minimum Gasteiger partial charge on any atom is -0.476 e. The summed E-state index contributed by atoms with van der Waals surface area (Å²) in [5.74, 6) is -1.35. The van der Waals surface area contributed by atoms with Crippen molar-refractivity contribution in [1.29, 1.82) is 0 Å². The fourth-order valence-electron chi connectivity index (χ4n) is 3.40. The average molecular weight is 470 g/mol. The lowest BCUT2D eigenvalue weighted by Crippen LogP contribution is -2.23. The topological polar surface area (TPSA) is 134 Å². The van der Waals surface area contributed by atoms with Crippen molar-refractivity contribution in [3.63, 3.8) is 0 Å². The van der Waals surface area contributed by atoms with Crippen LogP contribution in [0.25, 0.3) is 0 Å². The van der Waals surface area contributed by atoms with Crippen molar-refractivity contribution >= 4 is 51.7 Å². The Labute approximate surface area is 191 Å². The molecule has 3 aromatic rings. The zero-order valence-electron chi connectivity index (χ0n) is 16.8. The Morgan fingerprint density at radius 2 is 1.78 bits per heavy atom. The molecule has 0 aromatic carbocycles. The molecule has 1 fully saturated rings. The van der Waals surface area contributed by atoms with Crippen molar-refractivity contribution in [2.45, 2.75) is 34.9 Å². The SMILES string of the molecule is O=C(Nc1nc(C(=O)O)c(Sc2ccccn2)s1)Nc1cccnc1C(=O)C1CCCC1. The quantitative estimate of drug-likeness (QED) is 0.420. The van der Waals surface area contributed by atoms with Crippen LogP contribution in [-0.4, -0.2) is 37.8 Å². The number of carbonyl (C=O) groups is 3. The molecule has 0 radical (unpaired) electrons. The number of carboxylic acids is 1. The van der Waals surface area contributed by atoms with E-state index in [2.05, 4.69) is 25.6 Å². The van der Waals surface area contributed by atoms with E-state index < -0.39 is 12.0 Å². The first-order valence-corrected chi connectivity index (χ1v) is 11.5. The van der Waals surface area contributed by atoms with E-state index in [0.29, 0.717) is 14.9 Å². The van der Waals surface area contributed by atoms with Crippen molar-refractivity contribution in [3.8, 4) is 0 Å². The van der Waals surface area contributed by atoms with Gasteiger partial charge in [-0.15, -0.1) is 0 Å². The minimum absolute atomic E-state index is 0.0724. The number of urea groups is 1. The summed E-state index contributed by atoms with van der Waals surface area (Å²) < 4.78 is 0.393. The number of aromatic nitrogens is 3. The second kappa shape index (κ2) is 9.88. The van der Waals surface area contributed by atoms with E-state index in [1.165, 1.54) is 6.20 Å². The first-order chi connectivity index (χ1) is 15.5. The molecule has 0 bridgehead atoms. The molecule has 9 nitrogen and oxygen atoms in total. The average Bonchev–Trinajstić information content (AvgIpc) is 3.45. The third-order valence-corrected chi connectivity index (χ3v) is 6.96. The maximum absolute atomic E-state index is 12.8. The number of nitrogens with zero attached hydrogens (tertiary/aromatic N) is 3. The van der Waals surface area contributed by atoms with Crippen molar-refractivity contribution < 1.29 is 19.5 Å². The van der Waals surface area contributed by atoms with Gasteiger partial charge in [0.05, 0.1) is 5.69 Å². The number of carbonyl (C=O) groups excluding carboxylic acids is 2. The zero-order valence-corrected chi connectivity index (χ0v) is 18.4. The molecule has 164 valence electrons. The van der Waals surface area contributed by atoms with Crippen molar-refractivity contribution in [3.05, 3.63) is 54.1 Å². The highest BCUT2D eigenvalue weighted by Crippen LogP contribution is 2.36. The largest absolute Gasteiger partial charge is 0.476 e. The number of hydrogen-bond acceptors (Lipinski definition) is 8. The molecule has 1 saturated carbocycles. The van der Waals surface area contributed by atoms with Crippen molar-refractivity contribution in [2.75, 3.05) is 10.6 Å². The molecule has 11 heteroatoms. The first kappa shape index (κ1) is 21.9. The number of Topliss-reactive ketones (excluding diaryl/α,β-unsaturated/α-hetero) is 1. The highest BCUT2D eigenvalue weighted by atomic mass is 32.2. The molecule has 0 spiro atoms. The second-order valence-electron chi connectivity index (χ2n) is 7.05. The first-order valence-electron chi connectivity index (χ1n) is 9.91. The number of anilines is 2. The van der Waals surface area contributed by atoms with Gasteiger partial charge < -0.3 is 10.4 Å². The molecule has 2 amide bonds. The minimum atomic E-state index is -1.20. The molecule has 0 unspecified atom stereocenters. The molecule has 0 atom stereocenters. The van der Waals surface area contributed by atoms with Crippen LogP contribution >= 0.6 is 23.1 Å². The summed E-state index contributed by atoms with van der Waals surface area (Å²) in [6, 6.07) is 7.91. The molecule has 32 heavy (non-hydrogen) atoms. The zero-order chi connectivity index (χ0) is 22.5. The van der Waals surface area contributed by atoms with Gasteiger partial charge in [-0.25, -0.2) is 19.6 Å². The van der Waals surface area contributed by atoms with E-state index in [9.17, 15) is 19.5 Å². The molecule has 1 aliphatic carbocycles. The van der Waals surface area contributed by atoms with Crippen LogP contribution in [0, 0.1) is 5.92 Å². The van der Waals surface area contributed by atoms with Crippen LogP contribution in [0.15, 0.2) is 52.0 Å². The summed E-state index contributed by atoms with van der Waals surface area (Å²) >= 11 is 2.18. The molecule has 0 saturated heterocycles. The second-order valence-corrected chi connectivity index (χ2v) is 9.34. The molecule has 4 rings (SSSR count). The van der Waals surface area contributed by atoms with Gasteiger partial charge in [0.25, 0.3) is 0 Å². The van der Waals surface area contributed by atoms with E-state index in [0.717, 1.165) is 48.8 Å². The number of hydrogen-bond donors (Lipinski definition) is 3. The number of aromatic carboxylic acids is 1. The summed E-state index contributed by atoms with van der Waals surface area (Å²) in [4.78, 5) is 49.3. The monoisotopic (exact) mass is 469 g/mol. The van der Waals surface area contributed by atoms with Crippen LogP contribution in [0.4, 0.5) is 15.6 Å². The van der Waals surface area contributed by atoms with Gasteiger partial charge in [0.2, 0.25) is 0 Å². The highest BCUT2D eigenvalue weighted by Gasteiger charge is 2.27. The Kier molecular flexibility index (Phi) is 6.76. The Hall–Kier alpha value is -3.31. The van der Waals surface area contributed by atoms with Crippen LogP contribution in [0.3, 0.4) is 0 Å². The van der Waals surface area contributed by atoms with Gasteiger partial charge in [-0.05, 0) is 37.1 Å². The van der Waals surface area contributed by atoms with E-state index in [1.54, 1.807) is 36.5 Å². The lowest BCUT2D eigenvalue weighted by atomic mass is 9.99. The van der Waals surface area contributed by atoms with E-state index >= 15 is 0 Å². The van der Waals surface area contributed by atoms with Crippen LogP contribution in [0.2, 0.25) is 0 Å². The molecular weight excluding hydrogens is 450 g/mol. The molecule has 1 aliphatic rings. The molecule has 3 heterocycles. The number of pyridine rings is 2. The maximum Gasteiger partial charge on any atom is 0.356 e. The Balaban J connectivity index is 1.48. The number of nitrogens with one attached hydrogen (secondary N) is 2. The fourth-order valence-corrected chi connectivity index (χ4v) is 5.43. The van der Waals surface area contributed by atoms with Crippen LogP contribution in [0.1, 0.15) is 46.7 Å². The van der Waals surface area contributed by atoms with Crippen LogP contribution < -0.4 is 10.6 Å². The highest BCUT2D eigenvalue weighted by molar-refractivity contribution is 8.01. The molecule has 3 N–H and O–H groups in total. The Morgan fingerprint density at radius 3 is 2.50 bits per heavy atom. The van der Waals surface area contributed by atoms with Crippen molar-refractivity contribution in [2.24, 2.45) is 5.92 Å². The smallest absolute Gasteiger partial charge is 0.356 e. The number of amides is 2. The lowest BCUT2D eigenvalue weighted by Gasteiger charge is -2.12. The number of thiazole rings is 1. The normalized spacial score (nSPS) is 13.6. The van der Waals surface area contributed by atoms with Gasteiger partial charge in [0, 0.05) is 18.3 Å². The summed E-state index contributed by atoms with van der Waals surface area (Å²) in [6.45, 7) is 0. The van der Waals surface area contributed by atoms with Gasteiger partial charge in [-0.3, -0.25) is 15.1 Å². The van der Waals surface area contributed by atoms with E-state index in [4.69, 9.17) is 0 Å². The van der Waals surface area contributed by atoms with Gasteiger partial charge in [-0.2, -0.15) is 0 Å². The van der Waals surface area contributed by atoms with Gasteiger partial charge >= 0.3 is 12.0 Å². The molecular formula is C21H19N5O4S2. The Bertz CT molecular complexity index is 1150. The lowest BCUT2D eigenvalue weighted by molar-refractivity contribution is 0.0687. The third kappa shape index (κ3) is 5.11. The molecule has 3 aromatic heterocycles. The maximum atomic E-state index is 12.8. The van der Waals surface area contributed by atoms with Crippen LogP contribution in [-0.2, 0) is 0 Å². The van der Waals surface area contributed by atoms with Gasteiger partial charge in [0.15, 0.2) is 16.6 Å². The summed E-state index contributed by atoms with van der Waals surface area (Å²) in [7, 11) is 0. The fraction of sp³-hybridized carbons (Fsp3) is 0.238. The summed E-state index contributed by atoms with van der Waals surface area (Å²) in [5, 5.41) is 15.4. The van der Waals surface area contributed by atoms with Gasteiger partial charge in [0.1, 0.15) is 14.9 Å². The predicted molar refractivity (Wildman–Crippen MR) is 121 cm³/mol. The number of rotatable bonds is 7. The number of carboxylic acid groups (broad SMARTS) is 1. The van der Waals surface area contributed by atoms with Crippen LogP contribution in [0.5, 0.6) is 0 Å². The van der Waals surface area contributed by atoms with Gasteiger partial charge in [-0.1, -0.05) is 42.0 Å². The Morgan fingerprint density at radius 1 is 1.00 bits per heavy atom. The summed E-state index contributed by atoms with van der Waals surface area (Å²) in [5.41, 5.74) is 0.366. The third-order valence-electron chi connectivity index (χ3n) is 4.87. The summed E-state index contributed by atoms with van der Waals surface area (Å²) in [6.07, 6.45) is 6.81. The van der Waals surface area contributed by atoms with Crippen molar-refractivity contribution in [1.82, 2.24) is 15.0 Å². The standard InChI is InChI=1S/C21H19N5O4S2/c27-17(12-6-1-2-7-12)15-13(8-5-11-23-15)24-20(30)26-21-25-16(18(28)29)19(32-21)31-14-9-3-4-10-22-14/h3-5,8-12H,1-2,6-7H2,(H,28,29)(H2,24,25,26,30). The van der Waals surface area contributed by atoms with E-state index in [1.807, 2.05) is 0 Å². The number of ketones is 1. The van der Waals surface area contributed by atoms with E-state index in [-0.39, 0.29) is 28.2 Å². The molecule has 0 aliphatic heterocycles.